The van der Waals surface area contributed by atoms with Crippen molar-refractivity contribution in [2.75, 3.05) is 6.61 Å². The fourth-order valence-corrected chi connectivity index (χ4v) is 3.96. The van der Waals surface area contributed by atoms with Crippen LogP contribution in [0.3, 0.4) is 0 Å². The Balaban J connectivity index is 1.77. The van der Waals surface area contributed by atoms with Gasteiger partial charge in [-0.15, -0.1) is 0 Å². The number of fused-ring (bicyclic) bond motifs is 2. The Morgan fingerprint density at radius 1 is 1.03 bits per heavy atom. The molecule has 2 aromatic carbocycles. The van der Waals surface area contributed by atoms with E-state index in [1.54, 1.807) is 12.1 Å². The van der Waals surface area contributed by atoms with Crippen LogP contribution in [-0.2, 0) is 0 Å². The first-order chi connectivity index (χ1) is 14.5. The van der Waals surface area contributed by atoms with Gasteiger partial charge in [0, 0.05) is 16.5 Å². The Hall–Kier alpha value is -3.53. The fraction of sp³-hybridized carbons (Fsp3) is 0.192. The van der Waals surface area contributed by atoms with Gasteiger partial charge in [-0.3, -0.25) is 9.59 Å². The molecule has 0 radical (unpaired) electrons. The van der Waals surface area contributed by atoms with E-state index >= 15 is 0 Å². The number of rotatable bonds is 5. The van der Waals surface area contributed by atoms with Crippen LogP contribution >= 0.6 is 0 Å². The highest BCUT2D eigenvalue weighted by Crippen LogP contribution is 2.37. The molecule has 0 N–H and O–H groups in total. The van der Waals surface area contributed by atoms with Crippen molar-refractivity contribution >= 4 is 22.5 Å². The SMILES string of the molecule is C=C/C(=C\C)COc1cccc2ccc(C3C(=O)c4c(C)ccc(C)c4C3=O)nc12. The van der Waals surface area contributed by atoms with Crippen molar-refractivity contribution in [1.29, 1.82) is 0 Å². The third-order valence-corrected chi connectivity index (χ3v) is 5.67. The van der Waals surface area contributed by atoms with Crippen LogP contribution in [0, 0.1) is 13.8 Å². The van der Waals surface area contributed by atoms with Crippen LogP contribution in [0.15, 0.2) is 66.8 Å². The zero-order valence-corrected chi connectivity index (χ0v) is 17.4. The van der Waals surface area contributed by atoms with E-state index in [1.165, 1.54) is 0 Å². The van der Waals surface area contributed by atoms with Crippen LogP contribution in [0.1, 0.15) is 50.4 Å². The zero-order valence-electron chi connectivity index (χ0n) is 17.4. The van der Waals surface area contributed by atoms with Gasteiger partial charge >= 0.3 is 0 Å². The molecule has 0 saturated heterocycles. The summed E-state index contributed by atoms with van der Waals surface area (Å²) in [5.74, 6) is -0.650. The van der Waals surface area contributed by atoms with Gasteiger partial charge in [0.2, 0.25) is 0 Å². The topological polar surface area (TPSA) is 56.3 Å². The quantitative estimate of drug-likeness (QED) is 0.420. The van der Waals surface area contributed by atoms with Gasteiger partial charge in [-0.2, -0.15) is 0 Å². The largest absolute Gasteiger partial charge is 0.487 e. The van der Waals surface area contributed by atoms with E-state index in [-0.39, 0.29) is 11.6 Å². The number of carbonyl (C=O) groups excluding carboxylic acids is 2. The predicted octanol–water partition coefficient (Wildman–Crippen LogP) is 5.53. The number of allylic oxidation sites excluding steroid dienone is 1. The molecule has 1 heterocycles. The summed E-state index contributed by atoms with van der Waals surface area (Å²) in [5.41, 5.74) is 4.76. The Bertz CT molecular complexity index is 1200. The lowest BCUT2D eigenvalue weighted by Crippen LogP contribution is -2.15. The average Bonchev–Trinajstić information content (AvgIpc) is 3.02. The number of nitrogens with zero attached hydrogens (tertiary/aromatic N) is 1. The van der Waals surface area contributed by atoms with Gasteiger partial charge in [0.15, 0.2) is 11.6 Å². The predicted molar refractivity (Wildman–Crippen MR) is 119 cm³/mol. The summed E-state index contributed by atoms with van der Waals surface area (Å²) in [4.78, 5) is 31.1. The van der Waals surface area contributed by atoms with Gasteiger partial charge in [0.05, 0.1) is 5.69 Å². The third-order valence-electron chi connectivity index (χ3n) is 5.67. The van der Waals surface area contributed by atoms with Crippen molar-refractivity contribution in [3.63, 3.8) is 0 Å². The maximum absolute atomic E-state index is 13.2. The van der Waals surface area contributed by atoms with E-state index < -0.39 is 5.92 Å². The molecule has 0 saturated carbocycles. The highest BCUT2D eigenvalue weighted by molar-refractivity contribution is 6.30. The summed E-state index contributed by atoms with van der Waals surface area (Å²) in [6, 6.07) is 13.1. The van der Waals surface area contributed by atoms with E-state index in [0.717, 1.165) is 22.1 Å². The number of hydrogen-bond donors (Lipinski definition) is 0. The summed E-state index contributed by atoms with van der Waals surface area (Å²) in [5, 5.41) is 0.889. The fourth-order valence-electron chi connectivity index (χ4n) is 3.96. The van der Waals surface area contributed by atoms with Gasteiger partial charge in [0.25, 0.3) is 0 Å². The number of aryl methyl sites for hydroxylation is 2. The molecule has 3 aromatic rings. The maximum Gasteiger partial charge on any atom is 0.180 e. The Morgan fingerprint density at radius 3 is 2.30 bits per heavy atom. The van der Waals surface area contributed by atoms with Crippen LogP contribution in [0.5, 0.6) is 5.75 Å². The summed E-state index contributed by atoms with van der Waals surface area (Å²) >= 11 is 0. The van der Waals surface area contributed by atoms with Crippen LogP contribution in [-0.4, -0.2) is 23.2 Å². The molecule has 0 aliphatic heterocycles. The van der Waals surface area contributed by atoms with E-state index in [2.05, 4.69) is 6.58 Å². The lowest BCUT2D eigenvalue weighted by Gasteiger charge is -2.12. The second kappa shape index (κ2) is 7.71. The first-order valence-corrected chi connectivity index (χ1v) is 9.95. The Labute approximate surface area is 175 Å². The average molecular weight is 397 g/mol. The molecule has 0 amide bonds. The molecule has 0 spiro atoms. The third kappa shape index (κ3) is 3.14. The molecule has 0 unspecified atom stereocenters. The molecule has 4 heteroatoms. The van der Waals surface area contributed by atoms with Crippen LogP contribution in [0.4, 0.5) is 0 Å². The Kier molecular flexibility index (Phi) is 5.08. The lowest BCUT2D eigenvalue weighted by molar-refractivity contribution is 0.0888. The zero-order chi connectivity index (χ0) is 21.4. The number of ketones is 2. The highest BCUT2D eigenvalue weighted by Gasteiger charge is 2.42. The summed E-state index contributed by atoms with van der Waals surface area (Å²) < 4.78 is 5.96. The van der Waals surface area contributed by atoms with E-state index in [1.807, 2.05) is 63.2 Å². The van der Waals surface area contributed by atoms with Gasteiger partial charge in [-0.1, -0.05) is 49.1 Å². The van der Waals surface area contributed by atoms with Gasteiger partial charge in [-0.25, -0.2) is 4.98 Å². The van der Waals surface area contributed by atoms with Crippen molar-refractivity contribution in [3.05, 3.63) is 94.7 Å². The van der Waals surface area contributed by atoms with Gasteiger partial charge in [0.1, 0.15) is 23.8 Å². The molecule has 30 heavy (non-hydrogen) atoms. The standard InChI is InChI=1S/C26H23NO3/c1-5-17(6-2)14-30-20-9-7-8-18-12-13-19(27-24(18)20)23-25(28)21-15(3)10-11-16(4)22(21)26(23)29/h5-13,23H,1,14H2,2-4H3/b17-6+. The number of carbonyl (C=O) groups is 2. The van der Waals surface area contributed by atoms with Gasteiger partial charge < -0.3 is 4.74 Å². The Morgan fingerprint density at radius 2 is 1.70 bits per heavy atom. The minimum Gasteiger partial charge on any atom is -0.487 e. The van der Waals surface area contributed by atoms with Crippen molar-refractivity contribution in [2.45, 2.75) is 26.7 Å². The normalized spacial score (nSPS) is 14.3. The molecule has 4 nitrogen and oxygen atoms in total. The first-order valence-electron chi connectivity index (χ1n) is 9.95. The number of pyridine rings is 1. The molecule has 150 valence electrons. The molecular formula is C26H23NO3. The monoisotopic (exact) mass is 397 g/mol. The van der Waals surface area contributed by atoms with Crippen LogP contribution in [0.25, 0.3) is 10.9 Å². The van der Waals surface area contributed by atoms with Crippen molar-refractivity contribution in [1.82, 2.24) is 4.98 Å². The van der Waals surface area contributed by atoms with Crippen LogP contribution < -0.4 is 4.74 Å². The molecule has 0 fully saturated rings. The number of benzene rings is 2. The number of aromatic nitrogens is 1. The molecule has 1 aromatic heterocycles. The van der Waals surface area contributed by atoms with E-state index in [4.69, 9.17) is 9.72 Å². The van der Waals surface area contributed by atoms with E-state index in [9.17, 15) is 9.59 Å². The molecule has 1 aliphatic carbocycles. The maximum atomic E-state index is 13.2. The molecule has 0 bridgehead atoms. The molecule has 4 rings (SSSR count). The molecular weight excluding hydrogens is 374 g/mol. The minimum absolute atomic E-state index is 0.177. The van der Waals surface area contributed by atoms with Crippen molar-refractivity contribution < 1.29 is 14.3 Å². The van der Waals surface area contributed by atoms with E-state index in [0.29, 0.717) is 34.7 Å². The lowest BCUT2D eigenvalue weighted by atomic mass is 9.97. The van der Waals surface area contributed by atoms with Crippen LogP contribution in [0.2, 0.25) is 0 Å². The smallest absolute Gasteiger partial charge is 0.180 e. The van der Waals surface area contributed by atoms with Crippen molar-refractivity contribution in [2.24, 2.45) is 0 Å². The number of hydrogen-bond acceptors (Lipinski definition) is 4. The second-order valence-electron chi connectivity index (χ2n) is 7.53. The van der Waals surface area contributed by atoms with Crippen molar-refractivity contribution in [3.8, 4) is 5.75 Å². The second-order valence-corrected chi connectivity index (χ2v) is 7.53. The minimum atomic E-state index is -0.906. The first kappa shape index (κ1) is 19.8. The van der Waals surface area contributed by atoms with Gasteiger partial charge in [-0.05, 0) is 49.6 Å². The highest BCUT2D eigenvalue weighted by atomic mass is 16.5. The summed E-state index contributed by atoms with van der Waals surface area (Å²) in [7, 11) is 0. The molecule has 0 atom stereocenters. The number of Topliss-reactive ketones (excluding diaryl/α,β-unsaturated/α-hetero) is 2. The summed E-state index contributed by atoms with van der Waals surface area (Å²) in [6.07, 6.45) is 3.69. The number of para-hydroxylation sites is 1. The number of ether oxygens (including phenoxy) is 1. The summed E-state index contributed by atoms with van der Waals surface area (Å²) in [6.45, 7) is 9.82. The molecule has 1 aliphatic rings.